The molecule has 74 valence electrons. The molecule has 0 aliphatic carbocycles. The Balaban J connectivity index is 2.78. The van der Waals surface area contributed by atoms with Crippen molar-refractivity contribution >= 4 is 0 Å². The normalized spacial score (nSPS) is 13.3. The van der Waals surface area contributed by atoms with E-state index < -0.39 is 11.5 Å². The van der Waals surface area contributed by atoms with Gasteiger partial charge in [0.15, 0.2) is 0 Å². The molecule has 13 heavy (non-hydrogen) atoms. The highest BCUT2D eigenvalue weighted by Crippen LogP contribution is 2.34. The maximum atomic E-state index is 13.4. The van der Waals surface area contributed by atoms with E-state index >= 15 is 0 Å². The van der Waals surface area contributed by atoms with Gasteiger partial charge in [-0.1, -0.05) is 0 Å². The maximum absolute atomic E-state index is 13.4. The predicted molar refractivity (Wildman–Crippen MR) is 47.6 cm³/mol. The Labute approximate surface area is 76.1 Å². The summed E-state index contributed by atoms with van der Waals surface area (Å²) in [5.74, 6) is -2.85. The zero-order valence-corrected chi connectivity index (χ0v) is 7.77. The van der Waals surface area contributed by atoms with Crippen molar-refractivity contribution in [3.63, 3.8) is 0 Å². The molecule has 0 amide bonds. The molecule has 1 aromatic heterocycles. The van der Waals surface area contributed by atoms with Crippen LogP contribution >= 0.6 is 0 Å². The van der Waals surface area contributed by atoms with Gasteiger partial charge in [-0.25, -0.2) is 8.78 Å². The number of hydrogen-bond acceptors (Lipinski definition) is 1. The van der Waals surface area contributed by atoms with Crippen molar-refractivity contribution in [2.45, 2.75) is 31.7 Å². The fourth-order valence-electron chi connectivity index (χ4n) is 1.23. The smallest absolute Gasteiger partial charge is 0.276 e. The van der Waals surface area contributed by atoms with Crippen LogP contribution in [-0.4, -0.2) is 10.5 Å². The second-order valence-corrected chi connectivity index (χ2v) is 3.97. The quantitative estimate of drug-likeness (QED) is 0.750. The third-order valence-electron chi connectivity index (χ3n) is 1.70. The third kappa shape index (κ3) is 2.81. The monoisotopic (exact) mass is 188 g/mol. The van der Waals surface area contributed by atoms with E-state index in [1.807, 2.05) is 0 Å². The highest BCUT2D eigenvalue weighted by molar-refractivity contribution is 5.16. The van der Waals surface area contributed by atoms with E-state index in [9.17, 15) is 8.78 Å². The maximum Gasteiger partial charge on any atom is 0.276 e. The first kappa shape index (κ1) is 10.2. The number of nitrogens with two attached hydrogens (primary N) is 1. The largest absolute Gasteiger partial charge is 0.367 e. The highest BCUT2D eigenvalue weighted by atomic mass is 19.3. The van der Waals surface area contributed by atoms with Crippen LogP contribution in [0.15, 0.2) is 18.5 Å². The summed E-state index contributed by atoms with van der Waals surface area (Å²) in [7, 11) is 0. The van der Waals surface area contributed by atoms with Crippen molar-refractivity contribution in [2.24, 2.45) is 5.73 Å². The van der Waals surface area contributed by atoms with Crippen molar-refractivity contribution in [3.05, 3.63) is 24.0 Å². The molecule has 0 aromatic carbocycles. The van der Waals surface area contributed by atoms with Crippen LogP contribution in [0.2, 0.25) is 0 Å². The molecule has 0 aliphatic rings. The van der Waals surface area contributed by atoms with E-state index in [0.29, 0.717) is 0 Å². The summed E-state index contributed by atoms with van der Waals surface area (Å²) in [6.45, 7) is 3.18. The van der Waals surface area contributed by atoms with Crippen LogP contribution in [0.1, 0.15) is 25.8 Å². The fraction of sp³-hybridized carbons (Fsp3) is 0.556. The van der Waals surface area contributed by atoms with Crippen LogP contribution < -0.4 is 5.73 Å². The van der Waals surface area contributed by atoms with Gasteiger partial charge in [-0.2, -0.15) is 0 Å². The summed E-state index contributed by atoms with van der Waals surface area (Å²) < 4.78 is 26.8. The second kappa shape index (κ2) is 3.10. The number of hydrogen-bond donors (Lipinski definition) is 2. The van der Waals surface area contributed by atoms with Gasteiger partial charge in [-0.3, -0.25) is 0 Å². The van der Waals surface area contributed by atoms with Gasteiger partial charge >= 0.3 is 0 Å². The number of nitrogens with one attached hydrogen (secondary N) is 1. The van der Waals surface area contributed by atoms with Crippen LogP contribution in [0.4, 0.5) is 8.78 Å². The van der Waals surface area contributed by atoms with E-state index in [0.717, 1.165) is 0 Å². The van der Waals surface area contributed by atoms with Gasteiger partial charge in [0.1, 0.15) is 0 Å². The Bertz CT molecular complexity index is 260. The minimum Gasteiger partial charge on any atom is -0.367 e. The third-order valence-corrected chi connectivity index (χ3v) is 1.70. The number of H-pyrrole nitrogens is 1. The molecule has 0 atom stereocenters. The average Bonchev–Trinajstić information content (AvgIpc) is 2.29. The van der Waals surface area contributed by atoms with Crippen LogP contribution in [-0.2, 0) is 5.92 Å². The second-order valence-electron chi connectivity index (χ2n) is 3.97. The Hall–Kier alpha value is -0.900. The summed E-state index contributed by atoms with van der Waals surface area (Å²) in [5, 5.41) is 0. The summed E-state index contributed by atoms with van der Waals surface area (Å²) >= 11 is 0. The van der Waals surface area contributed by atoms with Gasteiger partial charge in [-0.05, 0) is 19.9 Å². The molecule has 0 spiro atoms. The molecule has 0 unspecified atom stereocenters. The van der Waals surface area contributed by atoms with Gasteiger partial charge in [0.25, 0.3) is 5.92 Å². The molecule has 0 saturated carbocycles. The molecule has 2 nitrogen and oxygen atoms in total. The van der Waals surface area contributed by atoms with Gasteiger partial charge in [-0.15, -0.1) is 0 Å². The van der Waals surface area contributed by atoms with Gasteiger partial charge < -0.3 is 10.7 Å². The van der Waals surface area contributed by atoms with Crippen molar-refractivity contribution < 1.29 is 8.78 Å². The lowest BCUT2D eigenvalue weighted by Crippen LogP contribution is -2.37. The summed E-state index contributed by atoms with van der Waals surface area (Å²) in [6.07, 6.45) is 2.43. The van der Waals surface area contributed by atoms with Crippen molar-refractivity contribution in [1.29, 1.82) is 0 Å². The number of rotatable bonds is 3. The zero-order valence-electron chi connectivity index (χ0n) is 7.77. The van der Waals surface area contributed by atoms with Crippen LogP contribution in [0.3, 0.4) is 0 Å². The van der Waals surface area contributed by atoms with Crippen LogP contribution in [0, 0.1) is 0 Å². The molecule has 0 aliphatic heterocycles. The lowest BCUT2D eigenvalue weighted by atomic mass is 9.94. The number of aromatic nitrogens is 1. The Morgan fingerprint density at radius 2 is 2.08 bits per heavy atom. The summed E-state index contributed by atoms with van der Waals surface area (Å²) in [6, 6.07) is 1.37. The molecular formula is C9H14F2N2. The van der Waals surface area contributed by atoms with Crippen LogP contribution in [0.5, 0.6) is 0 Å². The molecule has 0 fully saturated rings. The van der Waals surface area contributed by atoms with E-state index in [4.69, 9.17) is 5.73 Å². The first-order valence-electron chi connectivity index (χ1n) is 4.11. The molecule has 0 saturated heterocycles. The highest BCUT2D eigenvalue weighted by Gasteiger charge is 2.36. The molecule has 1 rings (SSSR count). The minimum atomic E-state index is -2.85. The topological polar surface area (TPSA) is 41.8 Å². The number of alkyl halides is 2. The number of aromatic amines is 1. The lowest BCUT2D eigenvalue weighted by molar-refractivity contribution is -0.0294. The molecule has 0 radical (unpaired) electrons. The van der Waals surface area contributed by atoms with Crippen molar-refractivity contribution in [1.82, 2.24) is 4.98 Å². The molecule has 0 bridgehead atoms. The van der Waals surface area contributed by atoms with Crippen molar-refractivity contribution in [3.8, 4) is 0 Å². The molecular weight excluding hydrogens is 174 g/mol. The predicted octanol–water partition coefficient (Wildman–Crippen LogP) is 2.23. The first-order valence-corrected chi connectivity index (χ1v) is 4.11. The number of halogens is 2. The van der Waals surface area contributed by atoms with E-state index in [-0.39, 0.29) is 12.0 Å². The van der Waals surface area contributed by atoms with E-state index in [1.54, 1.807) is 13.8 Å². The summed E-state index contributed by atoms with van der Waals surface area (Å²) in [5.41, 5.74) is 4.67. The molecule has 3 N–H and O–H groups in total. The van der Waals surface area contributed by atoms with Crippen molar-refractivity contribution in [2.75, 3.05) is 0 Å². The van der Waals surface area contributed by atoms with Crippen LogP contribution in [0.25, 0.3) is 0 Å². The SMILES string of the molecule is CC(C)(N)CC(F)(F)c1cc[nH]c1. The molecule has 1 heterocycles. The van der Waals surface area contributed by atoms with E-state index in [2.05, 4.69) is 4.98 Å². The van der Waals surface area contributed by atoms with E-state index in [1.165, 1.54) is 18.5 Å². The lowest BCUT2D eigenvalue weighted by Gasteiger charge is -2.24. The average molecular weight is 188 g/mol. The van der Waals surface area contributed by atoms with Gasteiger partial charge in [0.2, 0.25) is 0 Å². The summed E-state index contributed by atoms with van der Waals surface area (Å²) in [4.78, 5) is 2.60. The van der Waals surface area contributed by atoms with Gasteiger partial charge in [0, 0.05) is 29.9 Å². The Morgan fingerprint density at radius 3 is 2.46 bits per heavy atom. The Morgan fingerprint density at radius 1 is 1.46 bits per heavy atom. The minimum absolute atomic E-state index is 0.00831. The molecule has 1 aromatic rings. The van der Waals surface area contributed by atoms with Gasteiger partial charge in [0.05, 0.1) is 0 Å². The zero-order chi connectivity index (χ0) is 10.1. The first-order chi connectivity index (χ1) is 5.81. The standard InChI is InChI=1S/C9H14F2N2/c1-8(2,12)6-9(10,11)7-3-4-13-5-7/h3-5,13H,6,12H2,1-2H3. The fourth-order valence-corrected chi connectivity index (χ4v) is 1.23. The molecule has 4 heteroatoms. The Kier molecular flexibility index (Phi) is 2.43.